The van der Waals surface area contributed by atoms with Crippen LogP contribution < -0.4 is 5.32 Å². The van der Waals surface area contributed by atoms with Gasteiger partial charge in [0.1, 0.15) is 0 Å². The number of nitrogens with zero attached hydrogens (tertiary/aromatic N) is 3. The van der Waals surface area contributed by atoms with Crippen LogP contribution in [-0.4, -0.2) is 54.7 Å². The highest BCUT2D eigenvalue weighted by molar-refractivity contribution is 14.0. The molecule has 0 bridgehead atoms. The number of aromatic nitrogens is 1. The van der Waals surface area contributed by atoms with Gasteiger partial charge < -0.3 is 15.0 Å². The molecular formula is C17H31IN4OS. The number of likely N-dealkylation sites (tertiary alicyclic amines) is 1. The normalized spacial score (nSPS) is 16.1. The topological polar surface area (TPSA) is 49.8 Å². The van der Waals surface area contributed by atoms with Crippen LogP contribution >= 0.6 is 35.3 Å². The van der Waals surface area contributed by atoms with Crippen molar-refractivity contribution < 1.29 is 4.74 Å². The van der Waals surface area contributed by atoms with Gasteiger partial charge in [0.25, 0.3) is 0 Å². The Morgan fingerprint density at radius 1 is 1.38 bits per heavy atom. The molecule has 1 aromatic rings. The van der Waals surface area contributed by atoms with E-state index in [0.29, 0.717) is 6.10 Å². The van der Waals surface area contributed by atoms with Crippen LogP contribution in [0.2, 0.25) is 0 Å². The third-order valence-electron chi connectivity index (χ3n) is 4.01. The standard InChI is InChI=1S/C17H30N4OS.HI/c1-4-16-20-14(13-23-16)7-10-19-17(18-5-2)21-11-8-15(9-12-21)22-6-3;/h13,15H,4-12H2,1-3H3,(H,18,19);1H. The molecule has 138 valence electrons. The molecule has 0 saturated carbocycles. The maximum Gasteiger partial charge on any atom is 0.193 e. The van der Waals surface area contributed by atoms with E-state index in [1.807, 2.05) is 0 Å². The first kappa shape index (κ1) is 21.6. The van der Waals surface area contributed by atoms with Gasteiger partial charge in [0, 0.05) is 44.6 Å². The number of aliphatic imine (C=N–C) groups is 1. The summed E-state index contributed by atoms with van der Waals surface area (Å²) in [6, 6.07) is 0. The monoisotopic (exact) mass is 466 g/mol. The van der Waals surface area contributed by atoms with Crippen molar-refractivity contribution in [2.75, 3.05) is 32.8 Å². The predicted molar refractivity (Wildman–Crippen MR) is 113 cm³/mol. The molecule has 2 rings (SSSR count). The average Bonchev–Trinajstić information content (AvgIpc) is 3.03. The van der Waals surface area contributed by atoms with Crippen LogP contribution in [0.5, 0.6) is 0 Å². The van der Waals surface area contributed by atoms with Gasteiger partial charge in [-0.3, -0.25) is 4.99 Å². The van der Waals surface area contributed by atoms with Crippen molar-refractivity contribution in [2.24, 2.45) is 4.99 Å². The number of aryl methyl sites for hydroxylation is 1. The lowest BCUT2D eigenvalue weighted by molar-refractivity contribution is 0.0264. The van der Waals surface area contributed by atoms with E-state index in [0.717, 1.165) is 64.4 Å². The molecule has 0 aliphatic carbocycles. The number of guanidine groups is 1. The fraction of sp³-hybridized carbons (Fsp3) is 0.765. The highest BCUT2D eigenvalue weighted by atomic mass is 127. The fourth-order valence-electron chi connectivity index (χ4n) is 2.80. The second-order valence-electron chi connectivity index (χ2n) is 5.71. The molecule has 0 radical (unpaired) electrons. The van der Waals surface area contributed by atoms with E-state index < -0.39 is 0 Å². The van der Waals surface area contributed by atoms with Crippen LogP contribution in [0.15, 0.2) is 10.4 Å². The molecule has 7 heteroatoms. The summed E-state index contributed by atoms with van der Waals surface area (Å²) in [5.41, 5.74) is 1.17. The zero-order valence-corrected chi connectivity index (χ0v) is 18.2. The number of thiazole rings is 1. The minimum atomic E-state index is 0. The number of piperidine rings is 1. The molecule has 0 atom stereocenters. The Kier molecular flexibility index (Phi) is 10.8. The molecule has 0 unspecified atom stereocenters. The number of hydrogen-bond donors (Lipinski definition) is 1. The molecular weight excluding hydrogens is 435 g/mol. The smallest absolute Gasteiger partial charge is 0.193 e. The zero-order chi connectivity index (χ0) is 16.5. The molecule has 24 heavy (non-hydrogen) atoms. The lowest BCUT2D eigenvalue weighted by Gasteiger charge is -2.34. The Hall–Kier alpha value is -0.410. The van der Waals surface area contributed by atoms with Crippen molar-refractivity contribution in [3.63, 3.8) is 0 Å². The van der Waals surface area contributed by atoms with Gasteiger partial charge in [-0.05, 0) is 33.1 Å². The van der Waals surface area contributed by atoms with Crippen molar-refractivity contribution in [1.29, 1.82) is 0 Å². The van der Waals surface area contributed by atoms with Crippen LogP contribution in [0, 0.1) is 0 Å². The van der Waals surface area contributed by atoms with Crippen molar-refractivity contribution in [1.82, 2.24) is 15.2 Å². The van der Waals surface area contributed by atoms with Crippen molar-refractivity contribution >= 4 is 41.3 Å². The maximum absolute atomic E-state index is 5.73. The fourth-order valence-corrected chi connectivity index (χ4v) is 3.58. The number of ether oxygens (including phenoxy) is 1. The summed E-state index contributed by atoms with van der Waals surface area (Å²) in [5.74, 6) is 1.04. The van der Waals surface area contributed by atoms with Crippen LogP contribution in [0.4, 0.5) is 0 Å². The summed E-state index contributed by atoms with van der Waals surface area (Å²) in [5, 5.41) is 6.80. The third-order valence-corrected chi connectivity index (χ3v) is 5.05. The van der Waals surface area contributed by atoms with E-state index in [2.05, 4.69) is 41.4 Å². The Labute approximate surface area is 167 Å². The van der Waals surface area contributed by atoms with E-state index in [9.17, 15) is 0 Å². The highest BCUT2D eigenvalue weighted by Crippen LogP contribution is 2.14. The first-order valence-corrected chi connectivity index (χ1v) is 9.72. The van der Waals surface area contributed by atoms with E-state index in [-0.39, 0.29) is 24.0 Å². The summed E-state index contributed by atoms with van der Waals surface area (Å²) < 4.78 is 5.73. The minimum Gasteiger partial charge on any atom is -0.378 e. The second kappa shape index (κ2) is 12.0. The van der Waals surface area contributed by atoms with Crippen LogP contribution in [0.1, 0.15) is 44.3 Å². The lowest BCUT2D eigenvalue weighted by Crippen LogP contribution is -2.47. The van der Waals surface area contributed by atoms with Crippen molar-refractivity contribution in [2.45, 2.75) is 52.6 Å². The Balaban J connectivity index is 0.00000288. The molecule has 5 nitrogen and oxygen atoms in total. The molecule has 1 aliphatic rings. The number of hydrogen-bond acceptors (Lipinski definition) is 4. The molecule has 2 heterocycles. The Bertz CT molecular complexity index is 487. The first-order chi connectivity index (χ1) is 11.3. The molecule has 0 aromatic carbocycles. The van der Waals surface area contributed by atoms with E-state index in [1.165, 1.54) is 10.7 Å². The maximum atomic E-state index is 5.73. The highest BCUT2D eigenvalue weighted by Gasteiger charge is 2.21. The van der Waals surface area contributed by atoms with Gasteiger partial charge in [-0.1, -0.05) is 6.92 Å². The summed E-state index contributed by atoms with van der Waals surface area (Å²) in [6.07, 6.45) is 4.53. The van der Waals surface area contributed by atoms with E-state index in [4.69, 9.17) is 9.73 Å². The van der Waals surface area contributed by atoms with E-state index in [1.54, 1.807) is 11.3 Å². The van der Waals surface area contributed by atoms with Gasteiger partial charge in [-0.2, -0.15) is 0 Å². The van der Waals surface area contributed by atoms with Crippen LogP contribution in [0.25, 0.3) is 0 Å². The third kappa shape index (κ3) is 6.84. The zero-order valence-electron chi connectivity index (χ0n) is 15.1. The summed E-state index contributed by atoms with van der Waals surface area (Å²) in [7, 11) is 0. The van der Waals surface area contributed by atoms with E-state index >= 15 is 0 Å². The van der Waals surface area contributed by atoms with Crippen LogP contribution in [-0.2, 0) is 17.6 Å². The molecule has 1 N–H and O–H groups in total. The average molecular weight is 466 g/mol. The Morgan fingerprint density at radius 3 is 2.71 bits per heavy atom. The summed E-state index contributed by atoms with van der Waals surface area (Å²) in [4.78, 5) is 11.8. The largest absolute Gasteiger partial charge is 0.378 e. The molecule has 1 aliphatic heterocycles. The van der Waals surface area contributed by atoms with Crippen molar-refractivity contribution in [3.8, 4) is 0 Å². The van der Waals surface area contributed by atoms with Gasteiger partial charge in [0.15, 0.2) is 5.96 Å². The number of rotatable bonds is 7. The number of halogens is 1. The Morgan fingerprint density at radius 2 is 2.12 bits per heavy atom. The molecule has 0 amide bonds. The summed E-state index contributed by atoms with van der Waals surface area (Å²) in [6.45, 7) is 10.9. The minimum absolute atomic E-state index is 0. The molecule has 0 spiro atoms. The molecule has 1 saturated heterocycles. The first-order valence-electron chi connectivity index (χ1n) is 8.84. The quantitative estimate of drug-likeness (QED) is 0.381. The van der Waals surface area contributed by atoms with Gasteiger partial charge in [-0.25, -0.2) is 4.98 Å². The lowest BCUT2D eigenvalue weighted by atomic mass is 10.1. The second-order valence-corrected chi connectivity index (χ2v) is 6.66. The van der Waals surface area contributed by atoms with Crippen LogP contribution in [0.3, 0.4) is 0 Å². The van der Waals surface area contributed by atoms with Gasteiger partial charge in [0.05, 0.1) is 16.8 Å². The van der Waals surface area contributed by atoms with Gasteiger partial charge in [0.2, 0.25) is 0 Å². The van der Waals surface area contributed by atoms with Gasteiger partial charge in [-0.15, -0.1) is 35.3 Å². The van der Waals surface area contributed by atoms with Gasteiger partial charge >= 0.3 is 0 Å². The predicted octanol–water partition coefficient (Wildman–Crippen LogP) is 3.33. The molecule has 1 aromatic heterocycles. The number of nitrogens with one attached hydrogen (secondary N) is 1. The summed E-state index contributed by atoms with van der Waals surface area (Å²) >= 11 is 1.75. The molecule has 1 fully saturated rings. The SMILES string of the molecule is CCNC(=NCCc1csc(CC)n1)N1CCC(OCC)CC1.I. The van der Waals surface area contributed by atoms with Crippen molar-refractivity contribution in [3.05, 3.63) is 16.1 Å².